The van der Waals surface area contributed by atoms with Gasteiger partial charge in [0.2, 0.25) is 0 Å². The van der Waals surface area contributed by atoms with E-state index in [0.717, 1.165) is 17.5 Å². The molecule has 1 aromatic rings. The maximum atomic E-state index is 11.9. The molecule has 2 aliphatic rings. The maximum Gasteiger partial charge on any atom is 0.326 e. The molecular weight excluding hydrogens is 282 g/mol. The van der Waals surface area contributed by atoms with Gasteiger partial charge < -0.3 is 14.2 Å². The first kappa shape index (κ1) is 14.9. The van der Waals surface area contributed by atoms with Crippen molar-refractivity contribution in [3.63, 3.8) is 0 Å². The summed E-state index contributed by atoms with van der Waals surface area (Å²) in [6.45, 7) is 0.640. The topological polar surface area (TPSA) is 56.8 Å². The summed E-state index contributed by atoms with van der Waals surface area (Å²) in [7, 11) is 4.67. The Morgan fingerprint density at radius 2 is 1.90 bits per heavy atom. The van der Waals surface area contributed by atoms with E-state index in [-0.39, 0.29) is 24.3 Å². The summed E-state index contributed by atoms with van der Waals surface area (Å²) in [4.78, 5) is 11.9. The highest BCUT2D eigenvalue weighted by molar-refractivity contribution is 5.88. The van der Waals surface area contributed by atoms with Gasteiger partial charge in [0, 0.05) is 12.5 Å². The van der Waals surface area contributed by atoms with E-state index in [1.165, 1.54) is 7.11 Å². The quantitative estimate of drug-likeness (QED) is 0.860. The Kier molecular flexibility index (Phi) is 3.84. The van der Waals surface area contributed by atoms with Gasteiger partial charge in [-0.1, -0.05) is 0 Å². The van der Waals surface area contributed by atoms with Crippen LogP contribution < -0.4 is 14.8 Å². The Morgan fingerprint density at radius 3 is 2.50 bits per heavy atom. The van der Waals surface area contributed by atoms with Crippen LogP contribution in [-0.4, -0.2) is 32.8 Å². The molecule has 1 aliphatic heterocycles. The third kappa shape index (κ3) is 1.93. The fourth-order valence-corrected chi connectivity index (χ4v) is 2.98. The van der Waals surface area contributed by atoms with Crippen molar-refractivity contribution in [2.45, 2.75) is 24.4 Å². The molecule has 1 N–H and O–H groups in total. The van der Waals surface area contributed by atoms with Gasteiger partial charge in [-0.2, -0.15) is 0 Å². The first-order chi connectivity index (χ1) is 9.16. The van der Waals surface area contributed by atoms with Crippen molar-refractivity contribution in [1.82, 2.24) is 5.32 Å². The summed E-state index contributed by atoms with van der Waals surface area (Å²) < 4.78 is 15.5. The van der Waals surface area contributed by atoms with Gasteiger partial charge in [0.25, 0.3) is 0 Å². The number of esters is 1. The summed E-state index contributed by atoms with van der Waals surface area (Å²) >= 11 is 0. The van der Waals surface area contributed by atoms with Crippen LogP contribution in [0.1, 0.15) is 23.5 Å². The van der Waals surface area contributed by atoms with Gasteiger partial charge in [0.1, 0.15) is 5.54 Å². The smallest absolute Gasteiger partial charge is 0.326 e. The van der Waals surface area contributed by atoms with Crippen LogP contribution in [-0.2, 0) is 16.1 Å². The van der Waals surface area contributed by atoms with Crippen molar-refractivity contribution in [3.05, 3.63) is 23.3 Å². The number of rotatable bonds is 3. The molecule has 110 valence electrons. The molecule has 3 rings (SSSR count). The standard InChI is InChI=1S/C14H17NO4.ClH/c1-17-11-4-8-7-15-14(13(16)19-3)6-10(14)9(8)5-12(11)18-2;/h4-5,10,15H,6-7H2,1-3H3;1H. The Balaban J connectivity index is 0.00000147. The lowest BCUT2D eigenvalue weighted by Crippen LogP contribution is -2.43. The Morgan fingerprint density at radius 1 is 1.25 bits per heavy atom. The van der Waals surface area contributed by atoms with Crippen LogP contribution in [0.4, 0.5) is 0 Å². The zero-order valence-electron chi connectivity index (χ0n) is 11.7. The van der Waals surface area contributed by atoms with E-state index in [1.807, 2.05) is 12.1 Å². The average Bonchev–Trinajstić information content (AvgIpc) is 3.21. The summed E-state index contributed by atoms with van der Waals surface area (Å²) in [5.74, 6) is 1.41. The monoisotopic (exact) mass is 299 g/mol. The number of nitrogens with one attached hydrogen (secondary N) is 1. The van der Waals surface area contributed by atoms with E-state index in [1.54, 1.807) is 14.2 Å². The minimum Gasteiger partial charge on any atom is -0.493 e. The molecule has 2 atom stereocenters. The van der Waals surface area contributed by atoms with Crippen LogP contribution in [0.2, 0.25) is 0 Å². The molecule has 5 nitrogen and oxygen atoms in total. The molecule has 0 bridgehead atoms. The molecule has 6 heteroatoms. The Labute approximate surface area is 124 Å². The molecule has 2 unspecified atom stereocenters. The molecule has 1 fully saturated rings. The summed E-state index contributed by atoms with van der Waals surface area (Å²) in [6, 6.07) is 3.95. The van der Waals surface area contributed by atoms with Crippen LogP contribution in [0.3, 0.4) is 0 Å². The molecule has 0 aromatic heterocycles. The lowest BCUT2D eigenvalue weighted by atomic mass is 9.95. The molecule has 1 aromatic carbocycles. The first-order valence-corrected chi connectivity index (χ1v) is 6.24. The number of carbonyl (C=O) groups excluding carboxylic acids is 1. The summed E-state index contributed by atoms with van der Waals surface area (Å²) in [5.41, 5.74) is 1.78. The number of hydrogen-bond donors (Lipinski definition) is 1. The van der Waals surface area contributed by atoms with Crippen molar-refractivity contribution in [2.75, 3.05) is 21.3 Å². The molecule has 1 heterocycles. The normalized spacial score (nSPS) is 25.6. The molecule has 1 aliphatic carbocycles. The lowest BCUT2D eigenvalue weighted by molar-refractivity contribution is -0.144. The van der Waals surface area contributed by atoms with Gasteiger partial charge >= 0.3 is 5.97 Å². The number of methoxy groups -OCH3 is 3. The average molecular weight is 300 g/mol. The predicted molar refractivity (Wildman–Crippen MR) is 75.7 cm³/mol. The second kappa shape index (κ2) is 5.14. The van der Waals surface area contributed by atoms with Gasteiger partial charge in [0.05, 0.1) is 21.3 Å². The molecule has 0 amide bonds. The Bertz CT molecular complexity index is 548. The lowest BCUT2D eigenvalue weighted by Gasteiger charge is -2.25. The minimum absolute atomic E-state index is 0. The van der Waals surface area contributed by atoms with Crippen LogP contribution in [0.25, 0.3) is 0 Å². The van der Waals surface area contributed by atoms with Gasteiger partial charge in [-0.05, 0) is 29.7 Å². The van der Waals surface area contributed by atoms with E-state index in [0.29, 0.717) is 18.0 Å². The zero-order chi connectivity index (χ0) is 13.6. The largest absolute Gasteiger partial charge is 0.493 e. The maximum absolute atomic E-state index is 11.9. The highest BCUT2D eigenvalue weighted by Crippen LogP contribution is 2.56. The van der Waals surface area contributed by atoms with Crippen LogP contribution in [0, 0.1) is 0 Å². The van der Waals surface area contributed by atoms with Crippen molar-refractivity contribution in [1.29, 1.82) is 0 Å². The third-order valence-electron chi connectivity index (χ3n) is 4.13. The van der Waals surface area contributed by atoms with Crippen molar-refractivity contribution >= 4 is 18.4 Å². The van der Waals surface area contributed by atoms with Gasteiger partial charge in [-0.25, -0.2) is 0 Å². The molecule has 1 saturated carbocycles. The van der Waals surface area contributed by atoms with Crippen LogP contribution in [0.5, 0.6) is 11.5 Å². The fraction of sp³-hybridized carbons (Fsp3) is 0.500. The van der Waals surface area contributed by atoms with Crippen molar-refractivity contribution < 1.29 is 19.0 Å². The van der Waals surface area contributed by atoms with Crippen molar-refractivity contribution in [2.24, 2.45) is 0 Å². The Hall–Kier alpha value is -1.46. The number of carbonyl (C=O) groups is 1. The van der Waals surface area contributed by atoms with Crippen LogP contribution >= 0.6 is 12.4 Å². The van der Waals surface area contributed by atoms with Gasteiger partial charge in [-0.15, -0.1) is 12.4 Å². The second-order valence-corrected chi connectivity index (χ2v) is 4.98. The van der Waals surface area contributed by atoms with E-state index in [9.17, 15) is 4.79 Å². The van der Waals surface area contributed by atoms with Gasteiger partial charge in [0.15, 0.2) is 11.5 Å². The predicted octanol–water partition coefficient (Wildman–Crippen LogP) is 1.63. The SMILES string of the molecule is COC(=O)C12CC1c1cc(OC)c(OC)cc1CN2.Cl. The number of halogens is 1. The van der Waals surface area contributed by atoms with E-state index >= 15 is 0 Å². The van der Waals surface area contributed by atoms with E-state index < -0.39 is 5.54 Å². The second-order valence-electron chi connectivity index (χ2n) is 4.98. The molecular formula is C14H18ClNO4. The summed E-state index contributed by atoms with van der Waals surface area (Å²) in [5, 5.41) is 3.29. The van der Waals surface area contributed by atoms with Crippen molar-refractivity contribution in [3.8, 4) is 11.5 Å². The summed E-state index contributed by atoms with van der Waals surface area (Å²) in [6.07, 6.45) is 0.780. The molecule has 0 spiro atoms. The number of fused-ring (bicyclic) bond motifs is 3. The minimum atomic E-state index is -0.526. The number of ether oxygens (including phenoxy) is 3. The fourth-order valence-electron chi connectivity index (χ4n) is 2.98. The highest BCUT2D eigenvalue weighted by atomic mass is 35.5. The van der Waals surface area contributed by atoms with Crippen LogP contribution in [0.15, 0.2) is 12.1 Å². The first-order valence-electron chi connectivity index (χ1n) is 6.24. The van der Waals surface area contributed by atoms with E-state index in [4.69, 9.17) is 14.2 Å². The van der Waals surface area contributed by atoms with Gasteiger partial charge in [-0.3, -0.25) is 10.1 Å². The number of hydrogen-bond acceptors (Lipinski definition) is 5. The zero-order valence-corrected chi connectivity index (χ0v) is 12.5. The highest BCUT2D eigenvalue weighted by Gasteiger charge is 2.63. The third-order valence-corrected chi connectivity index (χ3v) is 4.13. The van der Waals surface area contributed by atoms with E-state index in [2.05, 4.69) is 5.32 Å². The molecule has 20 heavy (non-hydrogen) atoms. The number of benzene rings is 1. The molecule has 0 saturated heterocycles. The molecule has 0 radical (unpaired) electrons.